The van der Waals surface area contributed by atoms with E-state index < -0.39 is 11.9 Å². The summed E-state index contributed by atoms with van der Waals surface area (Å²) in [5, 5.41) is 3.21. The fourth-order valence-electron chi connectivity index (χ4n) is 2.64. The minimum absolute atomic E-state index is 0.103. The Hall–Kier alpha value is -1.48. The quantitative estimate of drug-likeness (QED) is 0.814. The van der Waals surface area contributed by atoms with Crippen molar-refractivity contribution in [2.24, 2.45) is 0 Å². The first-order valence-corrected chi connectivity index (χ1v) is 8.80. The molecule has 2 aromatic heterocycles. The van der Waals surface area contributed by atoms with Crippen molar-refractivity contribution >= 4 is 28.8 Å². The second kappa shape index (κ2) is 6.20. The van der Waals surface area contributed by atoms with Gasteiger partial charge in [-0.1, -0.05) is 0 Å². The van der Waals surface area contributed by atoms with Crippen molar-refractivity contribution in [3.63, 3.8) is 0 Å². The van der Waals surface area contributed by atoms with Gasteiger partial charge < -0.3 is 4.90 Å². The van der Waals surface area contributed by atoms with Gasteiger partial charge in [0, 0.05) is 29.8 Å². The van der Waals surface area contributed by atoms with Gasteiger partial charge in [-0.3, -0.25) is 4.79 Å². The van der Waals surface area contributed by atoms with Crippen LogP contribution in [-0.2, 0) is 6.18 Å². The summed E-state index contributed by atoms with van der Waals surface area (Å²) < 4.78 is 42.1. The lowest BCUT2D eigenvalue weighted by Crippen LogP contribution is -2.39. The van der Waals surface area contributed by atoms with E-state index in [1.165, 1.54) is 11.5 Å². The third-order valence-electron chi connectivity index (χ3n) is 3.85. The monoisotopic (exact) mass is 361 g/mol. The summed E-state index contributed by atoms with van der Waals surface area (Å²) >= 11 is 2.25. The maximum atomic E-state index is 12.7. The fourth-order valence-corrected chi connectivity index (χ4v) is 4.28. The van der Waals surface area contributed by atoms with Gasteiger partial charge in [0.15, 0.2) is 5.69 Å². The molecule has 4 nitrogen and oxygen atoms in total. The van der Waals surface area contributed by atoms with Crippen LogP contribution in [0.1, 0.15) is 45.5 Å². The van der Waals surface area contributed by atoms with Crippen LogP contribution in [0, 0.1) is 6.92 Å². The van der Waals surface area contributed by atoms with Crippen LogP contribution in [0.3, 0.4) is 0 Å². The zero-order chi connectivity index (χ0) is 16.6. The maximum absolute atomic E-state index is 12.7. The predicted molar refractivity (Wildman–Crippen MR) is 81.8 cm³/mol. The van der Waals surface area contributed by atoms with Crippen molar-refractivity contribution in [3.05, 3.63) is 32.7 Å². The Kier molecular flexibility index (Phi) is 4.41. The number of thiazole rings is 1. The van der Waals surface area contributed by atoms with E-state index in [9.17, 15) is 18.0 Å². The zero-order valence-corrected chi connectivity index (χ0v) is 13.9. The van der Waals surface area contributed by atoms with Gasteiger partial charge in [0.25, 0.3) is 5.91 Å². The Morgan fingerprint density at radius 3 is 2.78 bits per heavy atom. The lowest BCUT2D eigenvalue weighted by Gasteiger charge is -2.31. The molecule has 0 saturated carbocycles. The Balaban J connectivity index is 1.75. The molecule has 9 heteroatoms. The summed E-state index contributed by atoms with van der Waals surface area (Å²) in [7, 11) is 0. The summed E-state index contributed by atoms with van der Waals surface area (Å²) in [6.07, 6.45) is -2.91. The number of halogens is 3. The number of rotatable bonds is 2. The van der Waals surface area contributed by atoms with Crippen molar-refractivity contribution in [1.82, 2.24) is 14.3 Å². The van der Waals surface area contributed by atoms with Gasteiger partial charge in [0.2, 0.25) is 0 Å². The van der Waals surface area contributed by atoms with Crippen LogP contribution < -0.4 is 0 Å². The number of aromatic nitrogens is 2. The molecule has 1 saturated heterocycles. The maximum Gasteiger partial charge on any atom is 0.434 e. The van der Waals surface area contributed by atoms with Crippen LogP contribution in [0.5, 0.6) is 0 Å². The molecule has 1 aliphatic heterocycles. The van der Waals surface area contributed by atoms with Crippen LogP contribution in [-0.4, -0.2) is 33.3 Å². The molecule has 0 aromatic carbocycles. The van der Waals surface area contributed by atoms with Crippen molar-refractivity contribution < 1.29 is 18.0 Å². The number of alkyl halides is 3. The van der Waals surface area contributed by atoms with Gasteiger partial charge in [-0.2, -0.15) is 17.5 Å². The van der Waals surface area contributed by atoms with Gasteiger partial charge >= 0.3 is 6.18 Å². The molecular weight excluding hydrogens is 347 g/mol. The van der Waals surface area contributed by atoms with Crippen LogP contribution in [0.2, 0.25) is 0 Å². The first kappa shape index (κ1) is 16.4. The number of carbonyl (C=O) groups is 1. The van der Waals surface area contributed by atoms with Crippen molar-refractivity contribution in [2.75, 3.05) is 13.1 Å². The first-order valence-electron chi connectivity index (χ1n) is 7.09. The number of hydrogen-bond donors (Lipinski definition) is 0. The highest BCUT2D eigenvalue weighted by Crippen LogP contribution is 2.35. The number of amides is 1. The van der Waals surface area contributed by atoms with E-state index >= 15 is 0 Å². The van der Waals surface area contributed by atoms with Gasteiger partial charge in [-0.15, -0.1) is 11.3 Å². The number of likely N-dealkylation sites (tertiary alicyclic amines) is 1. The first-order chi connectivity index (χ1) is 10.9. The second-order valence-electron chi connectivity index (χ2n) is 5.47. The molecule has 1 fully saturated rings. The van der Waals surface area contributed by atoms with Gasteiger partial charge in [-0.05, 0) is 31.3 Å². The molecule has 1 aliphatic rings. The molecule has 0 spiro atoms. The molecule has 0 radical (unpaired) electrons. The third kappa shape index (κ3) is 3.40. The molecule has 0 aliphatic carbocycles. The van der Waals surface area contributed by atoms with Gasteiger partial charge in [-0.25, -0.2) is 4.98 Å². The van der Waals surface area contributed by atoms with Crippen molar-refractivity contribution in [3.8, 4) is 0 Å². The highest BCUT2D eigenvalue weighted by atomic mass is 32.1. The van der Waals surface area contributed by atoms with E-state index in [0.29, 0.717) is 29.4 Å². The highest BCUT2D eigenvalue weighted by Gasteiger charge is 2.35. The van der Waals surface area contributed by atoms with E-state index in [1.807, 2.05) is 0 Å². The third-order valence-corrected chi connectivity index (χ3v) is 5.58. The molecule has 3 heterocycles. The molecule has 124 valence electrons. The Morgan fingerprint density at radius 1 is 1.39 bits per heavy atom. The molecule has 0 bridgehead atoms. The average molecular weight is 361 g/mol. The minimum Gasteiger partial charge on any atom is -0.338 e. The molecule has 3 rings (SSSR count). The minimum atomic E-state index is -4.42. The fraction of sp³-hybridized carbons (Fsp3) is 0.500. The van der Waals surface area contributed by atoms with E-state index in [2.05, 4.69) is 9.36 Å². The lowest BCUT2D eigenvalue weighted by molar-refractivity contribution is -0.140. The summed E-state index contributed by atoms with van der Waals surface area (Å²) in [5.41, 5.74) is 0.417. The molecule has 2 aromatic rings. The highest BCUT2D eigenvalue weighted by molar-refractivity contribution is 7.09. The molecule has 0 N–H and O–H groups in total. The number of nitrogens with zero attached hydrogens (tertiary/aromatic N) is 3. The second-order valence-corrected chi connectivity index (χ2v) is 6.99. The zero-order valence-electron chi connectivity index (χ0n) is 12.3. The normalized spacial score (nSPS) is 19.1. The molecule has 1 atom stereocenters. The number of aryl methyl sites for hydroxylation is 1. The Bertz CT molecular complexity index is 710. The summed E-state index contributed by atoms with van der Waals surface area (Å²) in [6.45, 7) is 2.79. The Morgan fingerprint density at radius 2 is 2.17 bits per heavy atom. The average Bonchev–Trinajstić information content (AvgIpc) is 3.15. The molecule has 1 unspecified atom stereocenters. The number of hydrogen-bond acceptors (Lipinski definition) is 5. The SMILES string of the molecule is Cc1nscc1C(=O)N1CCCC(c2nc(C(F)(F)F)cs2)C1. The number of carbonyl (C=O) groups excluding carboxylic acids is 1. The van der Waals surface area contributed by atoms with Crippen LogP contribution in [0.15, 0.2) is 10.8 Å². The topological polar surface area (TPSA) is 46.1 Å². The van der Waals surface area contributed by atoms with Crippen LogP contribution in [0.4, 0.5) is 13.2 Å². The summed E-state index contributed by atoms with van der Waals surface area (Å²) in [4.78, 5) is 17.9. The summed E-state index contributed by atoms with van der Waals surface area (Å²) in [6, 6.07) is 0. The molecule has 1 amide bonds. The van der Waals surface area contributed by atoms with Gasteiger partial charge in [0.05, 0.1) is 16.3 Å². The Labute approximate surface area is 139 Å². The lowest BCUT2D eigenvalue weighted by atomic mass is 9.98. The van der Waals surface area contributed by atoms with Gasteiger partial charge in [0.1, 0.15) is 0 Å². The van der Waals surface area contributed by atoms with Crippen molar-refractivity contribution in [2.45, 2.75) is 31.9 Å². The van der Waals surface area contributed by atoms with Crippen LogP contribution >= 0.6 is 22.9 Å². The van der Waals surface area contributed by atoms with E-state index in [-0.39, 0.29) is 11.8 Å². The molecular formula is C14H14F3N3OS2. The largest absolute Gasteiger partial charge is 0.434 e. The number of piperidine rings is 1. The van der Waals surface area contributed by atoms with E-state index in [4.69, 9.17) is 0 Å². The standard InChI is InChI=1S/C14H14F3N3OS2/c1-8-10(6-23-19-8)13(21)20-4-2-3-9(5-20)12-18-11(7-22-12)14(15,16)17/h6-7,9H,2-5H2,1H3. The van der Waals surface area contributed by atoms with Crippen molar-refractivity contribution in [1.29, 1.82) is 0 Å². The van der Waals surface area contributed by atoms with Crippen LogP contribution in [0.25, 0.3) is 0 Å². The van der Waals surface area contributed by atoms with E-state index in [1.54, 1.807) is 17.2 Å². The smallest absolute Gasteiger partial charge is 0.338 e. The van der Waals surface area contributed by atoms with E-state index in [0.717, 1.165) is 29.6 Å². The predicted octanol–water partition coefficient (Wildman–Crippen LogP) is 3.95. The molecule has 23 heavy (non-hydrogen) atoms. The summed E-state index contributed by atoms with van der Waals surface area (Å²) in [5.74, 6) is -0.241.